The van der Waals surface area contributed by atoms with Crippen molar-refractivity contribution in [3.8, 4) is 0 Å². The summed E-state index contributed by atoms with van der Waals surface area (Å²) in [5.74, 6) is 0. The van der Waals surface area contributed by atoms with Crippen LogP contribution in [-0.2, 0) is 6.54 Å². The average molecular weight is 143 g/mol. The second kappa shape index (κ2) is 2.80. The molecule has 9 heavy (non-hydrogen) atoms. The van der Waals surface area contributed by atoms with Gasteiger partial charge in [0.15, 0.2) is 0 Å². The van der Waals surface area contributed by atoms with E-state index in [0.29, 0.717) is 0 Å². The molecule has 1 aromatic heterocycles. The third-order valence-corrected chi connectivity index (χ3v) is 1.72. The number of nitrogen functional groups attached to an aromatic ring is 1. The fourth-order valence-corrected chi connectivity index (χ4v) is 1.13. The van der Waals surface area contributed by atoms with Crippen molar-refractivity contribution in [2.45, 2.75) is 6.54 Å². The Hall–Kier alpha value is -0.610. The molecular weight excluding hydrogens is 134 g/mol. The van der Waals surface area contributed by atoms with E-state index in [1.165, 1.54) is 11.3 Å². The first-order valence-electron chi connectivity index (χ1n) is 2.67. The normalized spacial score (nSPS) is 9.89. The maximum atomic E-state index is 5.54. The molecule has 0 aliphatic heterocycles. The van der Waals surface area contributed by atoms with E-state index in [2.05, 4.69) is 10.3 Å². The molecule has 0 aliphatic rings. The van der Waals surface area contributed by atoms with Gasteiger partial charge in [0.05, 0.1) is 11.2 Å². The highest BCUT2D eigenvalue weighted by atomic mass is 32.1. The molecule has 0 fully saturated rings. The van der Waals surface area contributed by atoms with Crippen LogP contribution in [0, 0.1) is 0 Å². The number of nitrogens with two attached hydrogens (primary N) is 1. The molecule has 0 saturated carbocycles. The molecule has 0 bridgehead atoms. The second-order valence-electron chi connectivity index (χ2n) is 1.69. The highest BCUT2D eigenvalue weighted by Gasteiger charge is 1.97. The van der Waals surface area contributed by atoms with Crippen molar-refractivity contribution >= 4 is 16.3 Å². The summed E-state index contributed by atoms with van der Waals surface area (Å²) in [5, 5.41) is 3.78. The molecule has 0 saturated heterocycles. The molecular formula is C5H9N3S. The average Bonchev–Trinajstić information content (AvgIpc) is 2.18. The molecule has 0 radical (unpaired) electrons. The van der Waals surface area contributed by atoms with Crippen LogP contribution in [-0.4, -0.2) is 12.0 Å². The van der Waals surface area contributed by atoms with Crippen molar-refractivity contribution in [2.75, 3.05) is 12.8 Å². The second-order valence-corrected chi connectivity index (χ2v) is 2.58. The molecule has 0 spiro atoms. The Labute approximate surface area is 57.9 Å². The van der Waals surface area contributed by atoms with Crippen LogP contribution in [0.5, 0.6) is 0 Å². The van der Waals surface area contributed by atoms with Gasteiger partial charge in [0.1, 0.15) is 5.00 Å². The number of aromatic nitrogens is 1. The standard InChI is InChI=1S/C5H9N3S/c1-7-2-4-5(6)9-3-8-4/h3,7H,2,6H2,1H3. The fourth-order valence-electron chi connectivity index (χ4n) is 0.579. The predicted octanol–water partition coefficient (Wildman–Crippen LogP) is 0.445. The molecule has 3 nitrogen and oxygen atoms in total. The molecule has 0 unspecified atom stereocenters. The summed E-state index contributed by atoms with van der Waals surface area (Å²) in [4.78, 5) is 4.04. The number of anilines is 1. The van der Waals surface area contributed by atoms with E-state index in [1.54, 1.807) is 5.51 Å². The lowest BCUT2D eigenvalue weighted by Gasteiger charge is -1.93. The highest BCUT2D eigenvalue weighted by molar-refractivity contribution is 7.13. The van der Waals surface area contributed by atoms with Crippen molar-refractivity contribution in [1.82, 2.24) is 10.3 Å². The summed E-state index contributed by atoms with van der Waals surface area (Å²) in [6.07, 6.45) is 0. The summed E-state index contributed by atoms with van der Waals surface area (Å²) in [7, 11) is 1.87. The lowest BCUT2D eigenvalue weighted by atomic mass is 10.5. The van der Waals surface area contributed by atoms with Crippen LogP contribution in [0.2, 0.25) is 0 Å². The number of hydrogen-bond donors (Lipinski definition) is 2. The zero-order valence-corrected chi connectivity index (χ0v) is 6.03. The minimum atomic E-state index is 0.759. The van der Waals surface area contributed by atoms with Gasteiger partial charge in [-0.2, -0.15) is 0 Å². The van der Waals surface area contributed by atoms with Gasteiger partial charge >= 0.3 is 0 Å². The van der Waals surface area contributed by atoms with E-state index in [0.717, 1.165) is 17.2 Å². The van der Waals surface area contributed by atoms with Crippen molar-refractivity contribution in [3.63, 3.8) is 0 Å². The van der Waals surface area contributed by atoms with Gasteiger partial charge in [0.2, 0.25) is 0 Å². The van der Waals surface area contributed by atoms with E-state index in [1.807, 2.05) is 7.05 Å². The molecule has 0 atom stereocenters. The molecule has 3 N–H and O–H groups in total. The van der Waals surface area contributed by atoms with Gasteiger partial charge in [0, 0.05) is 6.54 Å². The number of nitrogens with one attached hydrogen (secondary N) is 1. The van der Waals surface area contributed by atoms with Crippen LogP contribution < -0.4 is 11.1 Å². The monoisotopic (exact) mass is 143 g/mol. The van der Waals surface area contributed by atoms with Gasteiger partial charge in [-0.05, 0) is 7.05 Å². The van der Waals surface area contributed by atoms with Gasteiger partial charge in [-0.1, -0.05) is 0 Å². The van der Waals surface area contributed by atoms with E-state index in [4.69, 9.17) is 5.73 Å². The first kappa shape index (κ1) is 6.51. The number of hydrogen-bond acceptors (Lipinski definition) is 4. The number of rotatable bonds is 2. The molecule has 50 valence electrons. The minimum absolute atomic E-state index is 0.759. The summed E-state index contributed by atoms with van der Waals surface area (Å²) in [6, 6.07) is 0. The molecule has 1 aromatic rings. The Balaban J connectivity index is 2.69. The van der Waals surface area contributed by atoms with Crippen LogP contribution >= 0.6 is 11.3 Å². The Kier molecular flexibility index (Phi) is 2.02. The Morgan fingerprint density at radius 1 is 1.89 bits per heavy atom. The van der Waals surface area contributed by atoms with E-state index >= 15 is 0 Å². The first-order chi connectivity index (χ1) is 4.34. The Morgan fingerprint density at radius 2 is 2.67 bits per heavy atom. The zero-order valence-electron chi connectivity index (χ0n) is 5.22. The topological polar surface area (TPSA) is 50.9 Å². The zero-order chi connectivity index (χ0) is 6.69. The smallest absolute Gasteiger partial charge is 0.110 e. The third kappa shape index (κ3) is 1.40. The largest absolute Gasteiger partial charge is 0.389 e. The predicted molar refractivity (Wildman–Crippen MR) is 39.3 cm³/mol. The first-order valence-corrected chi connectivity index (χ1v) is 3.55. The third-order valence-electron chi connectivity index (χ3n) is 1.02. The van der Waals surface area contributed by atoms with Gasteiger partial charge < -0.3 is 11.1 Å². The highest BCUT2D eigenvalue weighted by Crippen LogP contribution is 2.14. The van der Waals surface area contributed by atoms with Crippen LogP contribution in [0.3, 0.4) is 0 Å². The summed E-state index contributed by atoms with van der Waals surface area (Å²) < 4.78 is 0. The van der Waals surface area contributed by atoms with Crippen LogP contribution in [0.4, 0.5) is 5.00 Å². The van der Waals surface area contributed by atoms with Crippen LogP contribution in [0.15, 0.2) is 5.51 Å². The fraction of sp³-hybridized carbons (Fsp3) is 0.400. The maximum Gasteiger partial charge on any atom is 0.110 e. The van der Waals surface area contributed by atoms with Gasteiger partial charge in [-0.3, -0.25) is 0 Å². The van der Waals surface area contributed by atoms with E-state index < -0.39 is 0 Å². The van der Waals surface area contributed by atoms with Gasteiger partial charge in [-0.15, -0.1) is 11.3 Å². The Morgan fingerprint density at radius 3 is 3.11 bits per heavy atom. The molecule has 4 heteroatoms. The molecule has 1 rings (SSSR count). The van der Waals surface area contributed by atoms with Crippen molar-refractivity contribution in [2.24, 2.45) is 0 Å². The molecule has 0 aromatic carbocycles. The van der Waals surface area contributed by atoms with Crippen molar-refractivity contribution in [1.29, 1.82) is 0 Å². The van der Waals surface area contributed by atoms with Crippen LogP contribution in [0.25, 0.3) is 0 Å². The quantitative estimate of drug-likeness (QED) is 0.631. The van der Waals surface area contributed by atoms with E-state index in [-0.39, 0.29) is 0 Å². The summed E-state index contributed by atoms with van der Waals surface area (Å²) in [5.41, 5.74) is 8.24. The molecule has 1 heterocycles. The minimum Gasteiger partial charge on any atom is -0.389 e. The van der Waals surface area contributed by atoms with E-state index in [9.17, 15) is 0 Å². The van der Waals surface area contributed by atoms with Crippen LogP contribution in [0.1, 0.15) is 5.69 Å². The van der Waals surface area contributed by atoms with Gasteiger partial charge in [-0.25, -0.2) is 4.98 Å². The van der Waals surface area contributed by atoms with Gasteiger partial charge in [0.25, 0.3) is 0 Å². The summed E-state index contributed by atoms with van der Waals surface area (Å²) in [6.45, 7) is 0.759. The van der Waals surface area contributed by atoms with Crippen molar-refractivity contribution < 1.29 is 0 Å². The number of nitrogens with zero attached hydrogens (tertiary/aromatic N) is 1. The Bertz CT molecular complexity index is 184. The lowest BCUT2D eigenvalue weighted by molar-refractivity contribution is 0.799. The molecule has 0 amide bonds. The number of thiazole rings is 1. The molecule has 0 aliphatic carbocycles. The van der Waals surface area contributed by atoms with Crippen molar-refractivity contribution in [3.05, 3.63) is 11.2 Å². The lowest BCUT2D eigenvalue weighted by Crippen LogP contribution is -2.06. The summed E-state index contributed by atoms with van der Waals surface area (Å²) >= 11 is 1.47. The SMILES string of the molecule is CNCc1ncsc1N. The maximum absolute atomic E-state index is 5.54.